The molecule has 1 unspecified atom stereocenters. The van der Waals surface area contributed by atoms with Crippen molar-refractivity contribution in [2.45, 2.75) is 45.3 Å². The topological polar surface area (TPSA) is 53.9 Å². The van der Waals surface area contributed by atoms with Gasteiger partial charge in [-0.2, -0.15) is 5.10 Å². The van der Waals surface area contributed by atoms with Crippen molar-refractivity contribution in [1.29, 1.82) is 0 Å². The first kappa shape index (κ1) is 19.9. The van der Waals surface area contributed by atoms with Crippen molar-refractivity contribution in [2.24, 2.45) is 5.10 Å². The predicted octanol–water partition coefficient (Wildman–Crippen LogP) is 4.34. The van der Waals surface area contributed by atoms with E-state index in [2.05, 4.69) is 64.0 Å². The number of alkyl carbamates (subject to hydrolysis) is 1. The molecule has 0 bridgehead atoms. The van der Waals surface area contributed by atoms with Crippen LogP contribution in [0.4, 0.5) is 4.79 Å². The van der Waals surface area contributed by atoms with E-state index in [-0.39, 0.29) is 6.09 Å². The number of carbonyl (C=O) groups excluding carboxylic acids is 1. The second-order valence-electron chi connectivity index (χ2n) is 8.12. The van der Waals surface area contributed by atoms with Crippen molar-refractivity contribution >= 4 is 12.3 Å². The standard InChI is InChI=1S/C23H29N3O2/c1-23(2,3)28-22(27)24-14-13-18-9-11-20(12-10-18)21-15-25-26(17-21)16-19-7-5-4-6-8-19/h4-12,15,21H,13-14,16-17H2,1-3H3,(H,24,27). The monoisotopic (exact) mass is 379 g/mol. The third-order valence-corrected chi connectivity index (χ3v) is 4.52. The molecular weight excluding hydrogens is 350 g/mol. The van der Waals surface area contributed by atoms with Gasteiger partial charge in [0, 0.05) is 25.2 Å². The van der Waals surface area contributed by atoms with Gasteiger partial charge in [-0.05, 0) is 43.9 Å². The Balaban J connectivity index is 1.45. The molecule has 3 rings (SSSR count). The molecule has 0 radical (unpaired) electrons. The number of benzene rings is 2. The van der Waals surface area contributed by atoms with E-state index in [1.165, 1.54) is 16.7 Å². The first-order valence-corrected chi connectivity index (χ1v) is 9.78. The minimum Gasteiger partial charge on any atom is -0.444 e. The van der Waals surface area contributed by atoms with Crippen molar-refractivity contribution < 1.29 is 9.53 Å². The van der Waals surface area contributed by atoms with Gasteiger partial charge in [0.05, 0.1) is 6.54 Å². The number of nitrogens with one attached hydrogen (secondary N) is 1. The highest BCUT2D eigenvalue weighted by Gasteiger charge is 2.19. The zero-order valence-corrected chi connectivity index (χ0v) is 16.9. The minimum atomic E-state index is -0.469. The average Bonchev–Trinajstić information content (AvgIpc) is 3.10. The maximum Gasteiger partial charge on any atom is 0.407 e. The number of nitrogens with zero attached hydrogens (tertiary/aromatic N) is 2. The van der Waals surface area contributed by atoms with Crippen LogP contribution >= 0.6 is 0 Å². The van der Waals surface area contributed by atoms with Crippen molar-refractivity contribution in [3.05, 3.63) is 71.3 Å². The Hall–Kier alpha value is -2.82. The lowest BCUT2D eigenvalue weighted by Crippen LogP contribution is -2.33. The van der Waals surface area contributed by atoms with Gasteiger partial charge < -0.3 is 10.1 Å². The zero-order chi connectivity index (χ0) is 20.0. The van der Waals surface area contributed by atoms with Gasteiger partial charge in [-0.15, -0.1) is 0 Å². The number of ether oxygens (including phenoxy) is 1. The maximum absolute atomic E-state index is 11.7. The largest absolute Gasteiger partial charge is 0.444 e. The molecular formula is C23H29N3O2. The Bertz CT molecular complexity index is 795. The van der Waals surface area contributed by atoms with E-state index in [9.17, 15) is 4.79 Å². The van der Waals surface area contributed by atoms with E-state index < -0.39 is 5.60 Å². The molecule has 1 aliphatic heterocycles. The second-order valence-corrected chi connectivity index (χ2v) is 8.12. The Morgan fingerprint density at radius 2 is 1.82 bits per heavy atom. The minimum absolute atomic E-state index is 0.317. The third kappa shape index (κ3) is 6.12. The summed E-state index contributed by atoms with van der Waals surface area (Å²) in [5.41, 5.74) is 3.26. The molecule has 1 atom stereocenters. The summed E-state index contributed by atoms with van der Waals surface area (Å²) in [6.07, 6.45) is 2.44. The molecule has 28 heavy (non-hydrogen) atoms. The molecule has 1 aliphatic rings. The van der Waals surface area contributed by atoms with Crippen LogP contribution in [0.3, 0.4) is 0 Å². The molecule has 5 heteroatoms. The van der Waals surface area contributed by atoms with Crippen LogP contribution in [0.15, 0.2) is 59.7 Å². The molecule has 5 nitrogen and oxygen atoms in total. The fourth-order valence-corrected chi connectivity index (χ4v) is 3.14. The summed E-state index contributed by atoms with van der Waals surface area (Å²) < 4.78 is 5.25. The highest BCUT2D eigenvalue weighted by Crippen LogP contribution is 2.22. The van der Waals surface area contributed by atoms with Crippen molar-refractivity contribution in [3.8, 4) is 0 Å². The molecule has 0 aliphatic carbocycles. The number of hydrazone groups is 1. The molecule has 2 aromatic rings. The van der Waals surface area contributed by atoms with E-state index in [0.29, 0.717) is 12.5 Å². The summed E-state index contributed by atoms with van der Waals surface area (Å²) in [6.45, 7) is 7.87. The number of carbonyl (C=O) groups is 1. The fraction of sp³-hybridized carbons (Fsp3) is 0.391. The Morgan fingerprint density at radius 3 is 2.50 bits per heavy atom. The van der Waals surface area contributed by atoms with Crippen LogP contribution in [-0.4, -0.2) is 36.0 Å². The third-order valence-electron chi connectivity index (χ3n) is 4.52. The number of hydrogen-bond acceptors (Lipinski definition) is 4. The molecule has 1 heterocycles. The molecule has 148 valence electrons. The first-order valence-electron chi connectivity index (χ1n) is 9.78. The molecule has 0 fully saturated rings. The highest BCUT2D eigenvalue weighted by molar-refractivity contribution is 5.70. The predicted molar refractivity (Wildman–Crippen MR) is 112 cm³/mol. The quantitative estimate of drug-likeness (QED) is 0.812. The van der Waals surface area contributed by atoms with Crippen LogP contribution in [0.25, 0.3) is 0 Å². The van der Waals surface area contributed by atoms with Gasteiger partial charge in [0.25, 0.3) is 0 Å². The van der Waals surface area contributed by atoms with Crippen LogP contribution < -0.4 is 5.32 Å². The summed E-state index contributed by atoms with van der Waals surface area (Å²) in [5, 5.41) is 9.46. The van der Waals surface area contributed by atoms with Gasteiger partial charge in [-0.3, -0.25) is 5.01 Å². The van der Waals surface area contributed by atoms with Gasteiger partial charge in [-0.1, -0.05) is 54.6 Å². The fourth-order valence-electron chi connectivity index (χ4n) is 3.14. The SMILES string of the molecule is CC(C)(C)OC(=O)NCCc1ccc(C2C=NN(Cc3ccccc3)C2)cc1. The number of hydrogen-bond donors (Lipinski definition) is 1. The van der Waals surface area contributed by atoms with Gasteiger partial charge in [0.2, 0.25) is 0 Å². The maximum atomic E-state index is 11.7. The van der Waals surface area contributed by atoms with Gasteiger partial charge in [-0.25, -0.2) is 4.79 Å². The van der Waals surface area contributed by atoms with Gasteiger partial charge in [0.15, 0.2) is 0 Å². The van der Waals surface area contributed by atoms with Crippen molar-refractivity contribution in [3.63, 3.8) is 0 Å². The second kappa shape index (κ2) is 8.91. The Labute approximate surface area is 167 Å². The summed E-state index contributed by atoms with van der Waals surface area (Å²) in [7, 11) is 0. The van der Waals surface area contributed by atoms with Crippen LogP contribution in [0.1, 0.15) is 43.4 Å². The lowest BCUT2D eigenvalue weighted by Gasteiger charge is -2.19. The van der Waals surface area contributed by atoms with Crippen molar-refractivity contribution in [1.82, 2.24) is 10.3 Å². The van der Waals surface area contributed by atoms with Crippen molar-refractivity contribution in [2.75, 3.05) is 13.1 Å². The molecule has 1 amide bonds. The summed E-state index contributed by atoms with van der Waals surface area (Å²) in [5.74, 6) is 0.317. The van der Waals surface area contributed by atoms with Gasteiger partial charge in [0.1, 0.15) is 5.60 Å². The van der Waals surface area contributed by atoms with Gasteiger partial charge >= 0.3 is 6.09 Å². The summed E-state index contributed by atoms with van der Waals surface area (Å²) >= 11 is 0. The highest BCUT2D eigenvalue weighted by atomic mass is 16.6. The molecule has 1 N–H and O–H groups in total. The Morgan fingerprint density at radius 1 is 1.11 bits per heavy atom. The lowest BCUT2D eigenvalue weighted by atomic mass is 9.98. The zero-order valence-electron chi connectivity index (χ0n) is 16.9. The molecule has 0 saturated heterocycles. The Kier molecular flexibility index (Phi) is 6.34. The van der Waals surface area contributed by atoms with Crippen LogP contribution in [0.5, 0.6) is 0 Å². The number of rotatable bonds is 6. The summed E-state index contributed by atoms with van der Waals surface area (Å²) in [4.78, 5) is 11.7. The average molecular weight is 380 g/mol. The van der Waals surface area contributed by atoms with E-state index >= 15 is 0 Å². The smallest absolute Gasteiger partial charge is 0.407 e. The van der Waals surface area contributed by atoms with E-state index in [1.54, 1.807) is 0 Å². The molecule has 0 saturated carbocycles. The normalized spacial score (nSPS) is 16.2. The molecule has 2 aromatic carbocycles. The van der Waals surface area contributed by atoms with Crippen LogP contribution in [0.2, 0.25) is 0 Å². The first-order chi connectivity index (χ1) is 13.4. The van der Waals surface area contributed by atoms with E-state index in [0.717, 1.165) is 19.5 Å². The lowest BCUT2D eigenvalue weighted by molar-refractivity contribution is 0.0528. The molecule has 0 spiro atoms. The van der Waals surface area contributed by atoms with E-state index in [1.807, 2.05) is 33.1 Å². The van der Waals surface area contributed by atoms with Crippen LogP contribution in [0, 0.1) is 0 Å². The van der Waals surface area contributed by atoms with E-state index in [4.69, 9.17) is 4.74 Å². The van der Waals surface area contributed by atoms with Crippen LogP contribution in [-0.2, 0) is 17.7 Å². The molecule has 0 aromatic heterocycles. The summed E-state index contributed by atoms with van der Waals surface area (Å²) in [6, 6.07) is 19.0. The number of amides is 1.